The van der Waals surface area contributed by atoms with E-state index in [0.717, 1.165) is 11.1 Å². The summed E-state index contributed by atoms with van der Waals surface area (Å²) in [7, 11) is -4.52. The number of benzene rings is 2. The van der Waals surface area contributed by atoms with E-state index in [1.165, 1.54) is 0 Å². The monoisotopic (exact) mass is 659 g/mol. The molecule has 3 rings (SSSR count). The first-order chi connectivity index (χ1) is 21.0. The zero-order valence-electron chi connectivity index (χ0n) is 29.5. The van der Waals surface area contributed by atoms with Gasteiger partial charge < -0.3 is 33.9 Å². The van der Waals surface area contributed by atoms with E-state index in [0.29, 0.717) is 26.1 Å². The van der Waals surface area contributed by atoms with E-state index >= 15 is 0 Å². The van der Waals surface area contributed by atoms with Crippen LogP contribution in [0, 0.1) is 0 Å². The minimum atomic E-state index is -2.26. The highest BCUT2D eigenvalue weighted by Crippen LogP contribution is 2.43. The Labute approximate surface area is 275 Å². The van der Waals surface area contributed by atoms with Gasteiger partial charge in [-0.15, -0.1) is 0 Å². The maximum Gasteiger partial charge on any atom is 0.192 e. The maximum absolute atomic E-state index is 10.0. The second-order valence-corrected chi connectivity index (χ2v) is 25.3. The van der Waals surface area contributed by atoms with E-state index in [4.69, 9.17) is 18.3 Å². The van der Waals surface area contributed by atoms with Gasteiger partial charge in [0.1, 0.15) is 12.2 Å². The molecule has 0 radical (unpaired) electrons. The minimum Gasteiger partial charge on any atom is -0.411 e. The van der Waals surface area contributed by atoms with Gasteiger partial charge in [-0.25, -0.2) is 0 Å². The van der Waals surface area contributed by atoms with Crippen LogP contribution >= 0.6 is 0 Å². The van der Waals surface area contributed by atoms with Crippen molar-refractivity contribution in [3.8, 4) is 0 Å². The lowest BCUT2D eigenvalue weighted by atomic mass is 10.0. The highest BCUT2D eigenvalue weighted by Gasteiger charge is 2.50. The third-order valence-corrected chi connectivity index (χ3v) is 19.1. The van der Waals surface area contributed by atoms with Crippen LogP contribution in [0.1, 0.15) is 65.5 Å². The number of hydrogen-bond acceptors (Lipinski definition) is 7. The van der Waals surface area contributed by atoms with Gasteiger partial charge in [-0.3, -0.25) is 0 Å². The lowest BCUT2D eigenvalue weighted by molar-refractivity contribution is -0.153. The topological polar surface area (TPSA) is 89.4 Å². The van der Waals surface area contributed by atoms with Crippen molar-refractivity contribution >= 4 is 16.6 Å². The quantitative estimate of drug-likeness (QED) is 0.148. The summed E-state index contributed by atoms with van der Waals surface area (Å²) in [6, 6.07) is 20.0. The molecule has 2 aromatic rings. The van der Waals surface area contributed by atoms with Crippen molar-refractivity contribution < 1.29 is 28.5 Å². The summed E-state index contributed by atoms with van der Waals surface area (Å²) < 4.78 is 28.4. The summed E-state index contributed by atoms with van der Waals surface area (Å²) in [6.45, 7) is 23.2. The number of rotatable bonds is 14. The van der Waals surface area contributed by atoms with Gasteiger partial charge in [0.15, 0.2) is 16.6 Å². The van der Waals surface area contributed by atoms with Crippen molar-refractivity contribution in [2.45, 2.75) is 140 Å². The van der Waals surface area contributed by atoms with Gasteiger partial charge in [-0.1, -0.05) is 102 Å². The van der Waals surface area contributed by atoms with Gasteiger partial charge in [-0.05, 0) is 60.2 Å². The standard InChI is InChI=1S/C36H61NO6Si2/c1-35(2,3)44(7,8)42-31-21-29(37-30(23-38)24-39)22-32(43-45(9,10)36(4,5)6)34(41-26-28-19-15-12-16-20-28)33(31)40-25-27-17-13-11-14-18-27/h11-20,29-34,37-39H,21-26H2,1-10H3/t31-,32-,33-,34-/m1/s1. The van der Waals surface area contributed by atoms with E-state index in [9.17, 15) is 10.2 Å². The number of nitrogens with one attached hydrogen (secondary N) is 1. The molecule has 9 heteroatoms. The highest BCUT2D eigenvalue weighted by atomic mass is 28.4. The molecule has 1 fully saturated rings. The van der Waals surface area contributed by atoms with Crippen LogP contribution < -0.4 is 5.32 Å². The van der Waals surface area contributed by atoms with E-state index in [1.54, 1.807) is 0 Å². The molecule has 0 heterocycles. The third-order valence-electron chi connectivity index (χ3n) is 10.1. The first-order valence-electron chi connectivity index (χ1n) is 16.6. The van der Waals surface area contributed by atoms with Gasteiger partial charge >= 0.3 is 0 Å². The molecule has 0 amide bonds. The molecule has 3 N–H and O–H groups in total. The second-order valence-electron chi connectivity index (χ2n) is 15.8. The number of ether oxygens (including phenoxy) is 2. The second kappa shape index (κ2) is 16.1. The SMILES string of the molecule is CC(C)(C)[Si](C)(C)O[C@@H]1CC(NC(CO)CO)C[C@@H](O[Si](C)(C)C(C)(C)C)[C@@H](OCc2ccccc2)[C@@H]1OCc1ccccc1. The Morgan fingerprint density at radius 1 is 0.667 bits per heavy atom. The lowest BCUT2D eigenvalue weighted by Gasteiger charge is -2.44. The van der Waals surface area contributed by atoms with Crippen molar-refractivity contribution in [1.29, 1.82) is 0 Å². The average molecular weight is 660 g/mol. The van der Waals surface area contributed by atoms with Crippen LogP contribution in [0.2, 0.25) is 36.3 Å². The fraction of sp³-hybridized carbons (Fsp3) is 0.667. The predicted molar refractivity (Wildman–Crippen MR) is 188 cm³/mol. The van der Waals surface area contributed by atoms with Gasteiger partial charge in [0.2, 0.25) is 0 Å². The predicted octanol–water partition coefficient (Wildman–Crippen LogP) is 7.04. The molecule has 0 unspecified atom stereocenters. The summed E-state index contributed by atoms with van der Waals surface area (Å²) in [5, 5.41) is 23.6. The summed E-state index contributed by atoms with van der Waals surface area (Å²) in [5.74, 6) is 0. The Morgan fingerprint density at radius 2 is 1.02 bits per heavy atom. The first-order valence-corrected chi connectivity index (χ1v) is 22.4. The van der Waals surface area contributed by atoms with Crippen molar-refractivity contribution in [2.24, 2.45) is 0 Å². The largest absolute Gasteiger partial charge is 0.411 e. The van der Waals surface area contributed by atoms with Crippen LogP contribution in [-0.4, -0.2) is 76.6 Å². The number of aliphatic hydroxyl groups excluding tert-OH is 2. The smallest absolute Gasteiger partial charge is 0.192 e. The third kappa shape index (κ3) is 10.8. The molecule has 2 aromatic carbocycles. The van der Waals surface area contributed by atoms with Crippen molar-refractivity contribution in [2.75, 3.05) is 13.2 Å². The molecule has 4 atom stereocenters. The Balaban J connectivity index is 2.14. The van der Waals surface area contributed by atoms with Gasteiger partial charge in [0.05, 0.1) is 44.7 Å². The molecule has 1 aliphatic carbocycles. The van der Waals surface area contributed by atoms with E-state index in [1.807, 2.05) is 36.4 Å². The van der Waals surface area contributed by atoms with Gasteiger partial charge in [-0.2, -0.15) is 0 Å². The Hall–Kier alpha value is -1.41. The summed E-state index contributed by atoms with van der Waals surface area (Å²) in [5.41, 5.74) is 2.18. The molecular weight excluding hydrogens is 599 g/mol. The minimum absolute atomic E-state index is 0.0115. The normalized spacial score (nSPS) is 23.7. The lowest BCUT2D eigenvalue weighted by Crippen LogP contribution is -2.55. The Bertz CT molecular complexity index is 1050. The molecule has 0 saturated heterocycles. The van der Waals surface area contributed by atoms with Crippen molar-refractivity contribution in [1.82, 2.24) is 5.32 Å². The molecule has 0 bridgehead atoms. The van der Waals surface area contributed by atoms with Crippen molar-refractivity contribution in [3.63, 3.8) is 0 Å². The Morgan fingerprint density at radius 3 is 1.33 bits per heavy atom. The molecule has 1 aliphatic rings. The number of aliphatic hydroxyl groups is 2. The van der Waals surface area contributed by atoms with Crippen LogP contribution in [0.15, 0.2) is 60.7 Å². The zero-order valence-corrected chi connectivity index (χ0v) is 31.5. The van der Waals surface area contributed by atoms with Crippen molar-refractivity contribution in [3.05, 3.63) is 71.8 Å². The highest BCUT2D eigenvalue weighted by molar-refractivity contribution is 6.74. The molecule has 7 nitrogen and oxygen atoms in total. The number of hydrogen-bond donors (Lipinski definition) is 3. The molecule has 254 valence electrons. The summed E-state index contributed by atoms with van der Waals surface area (Å²) in [4.78, 5) is 0. The van der Waals surface area contributed by atoms with Crippen LogP contribution in [0.5, 0.6) is 0 Å². The molecule has 0 spiro atoms. The first kappa shape index (κ1) is 38.0. The Kier molecular flexibility index (Phi) is 13.6. The average Bonchev–Trinajstić information content (AvgIpc) is 3.08. The fourth-order valence-corrected chi connectivity index (χ4v) is 7.94. The van der Waals surface area contributed by atoms with Crippen LogP contribution in [0.3, 0.4) is 0 Å². The van der Waals surface area contributed by atoms with E-state index < -0.39 is 34.9 Å². The van der Waals surface area contributed by atoms with Gasteiger partial charge in [0.25, 0.3) is 0 Å². The van der Waals surface area contributed by atoms with Gasteiger partial charge in [0, 0.05) is 6.04 Å². The summed E-state index contributed by atoms with van der Waals surface area (Å²) >= 11 is 0. The van der Waals surface area contributed by atoms with Crippen LogP contribution in [0.25, 0.3) is 0 Å². The fourth-order valence-electron chi connectivity index (χ4n) is 5.26. The molecule has 45 heavy (non-hydrogen) atoms. The zero-order chi connectivity index (χ0) is 33.5. The summed E-state index contributed by atoms with van der Waals surface area (Å²) in [6.07, 6.45) is -0.119. The molecule has 0 aliphatic heterocycles. The maximum atomic E-state index is 10.0. The molecule has 1 saturated carbocycles. The molecule has 0 aromatic heterocycles. The van der Waals surface area contributed by atoms with E-state index in [2.05, 4.69) is 97.3 Å². The molecular formula is C36H61NO6Si2. The van der Waals surface area contributed by atoms with Crippen LogP contribution in [-0.2, 0) is 31.5 Å². The van der Waals surface area contributed by atoms with Crippen LogP contribution in [0.4, 0.5) is 0 Å². The van der Waals surface area contributed by atoms with E-state index in [-0.39, 0.29) is 41.5 Å².